The first-order valence-corrected chi connectivity index (χ1v) is 9.88. The summed E-state index contributed by atoms with van der Waals surface area (Å²) in [5, 5.41) is 3.37. The van der Waals surface area contributed by atoms with Gasteiger partial charge in [0, 0.05) is 52.5 Å². The lowest BCUT2D eigenvalue weighted by Crippen LogP contribution is -2.50. The largest absolute Gasteiger partial charge is 0.336 e. The summed E-state index contributed by atoms with van der Waals surface area (Å²) in [6, 6.07) is 7.87. The Balaban J connectivity index is 0.00000240. The zero-order valence-corrected chi connectivity index (χ0v) is 17.7. The van der Waals surface area contributed by atoms with Crippen LogP contribution < -0.4 is 5.32 Å². The van der Waals surface area contributed by atoms with Crippen LogP contribution in [0.2, 0.25) is 0 Å². The van der Waals surface area contributed by atoms with Crippen LogP contribution in [0.4, 0.5) is 0 Å². The van der Waals surface area contributed by atoms with Crippen LogP contribution in [-0.2, 0) is 23.1 Å². The molecule has 29 heavy (non-hydrogen) atoms. The summed E-state index contributed by atoms with van der Waals surface area (Å²) >= 11 is 0. The van der Waals surface area contributed by atoms with E-state index in [4.69, 9.17) is 0 Å². The molecule has 0 aliphatic carbocycles. The minimum absolute atomic E-state index is 0. The number of aryl methyl sites for hydroxylation is 1. The Kier molecular flexibility index (Phi) is 6.59. The van der Waals surface area contributed by atoms with Gasteiger partial charge >= 0.3 is 0 Å². The normalized spacial score (nSPS) is 21.3. The Morgan fingerprint density at radius 2 is 2.00 bits per heavy atom. The van der Waals surface area contributed by atoms with Gasteiger partial charge in [-0.15, -0.1) is 12.4 Å². The zero-order chi connectivity index (χ0) is 19.7. The van der Waals surface area contributed by atoms with Gasteiger partial charge in [0.2, 0.25) is 11.8 Å². The molecule has 2 unspecified atom stereocenters. The van der Waals surface area contributed by atoms with Crippen molar-refractivity contribution in [2.24, 2.45) is 7.05 Å². The van der Waals surface area contributed by atoms with Crippen molar-refractivity contribution in [1.82, 2.24) is 24.7 Å². The topological polar surface area (TPSA) is 70.5 Å². The lowest BCUT2D eigenvalue weighted by Gasteiger charge is -2.40. The Morgan fingerprint density at radius 3 is 2.72 bits per heavy atom. The predicted molar refractivity (Wildman–Crippen MR) is 113 cm³/mol. The number of halogens is 1. The number of imidazole rings is 1. The number of hydrogen-bond donors (Lipinski definition) is 1. The van der Waals surface area contributed by atoms with Gasteiger partial charge < -0.3 is 19.7 Å². The summed E-state index contributed by atoms with van der Waals surface area (Å²) in [4.78, 5) is 33.9. The molecule has 2 aromatic rings. The van der Waals surface area contributed by atoms with Crippen molar-refractivity contribution in [2.75, 3.05) is 26.2 Å². The van der Waals surface area contributed by atoms with Crippen LogP contribution in [0.3, 0.4) is 0 Å². The average molecular weight is 418 g/mol. The summed E-state index contributed by atoms with van der Waals surface area (Å²) in [7, 11) is 1.95. The molecule has 2 aliphatic heterocycles. The van der Waals surface area contributed by atoms with Crippen LogP contribution in [0.15, 0.2) is 36.7 Å². The molecule has 1 fully saturated rings. The smallest absolute Gasteiger partial charge is 0.225 e. The number of piperazine rings is 1. The molecule has 1 saturated heterocycles. The summed E-state index contributed by atoms with van der Waals surface area (Å²) in [5.41, 5.74) is 2.33. The molecule has 1 aromatic carbocycles. The van der Waals surface area contributed by atoms with E-state index in [2.05, 4.69) is 22.4 Å². The molecule has 0 spiro atoms. The first-order valence-electron chi connectivity index (χ1n) is 9.88. The highest BCUT2D eigenvalue weighted by Crippen LogP contribution is 2.34. The van der Waals surface area contributed by atoms with Crippen molar-refractivity contribution >= 4 is 24.2 Å². The number of carbonyl (C=O) groups is 2. The van der Waals surface area contributed by atoms with E-state index >= 15 is 0 Å². The molecule has 156 valence electrons. The summed E-state index contributed by atoms with van der Waals surface area (Å²) < 4.78 is 1.97. The van der Waals surface area contributed by atoms with Crippen molar-refractivity contribution in [1.29, 1.82) is 0 Å². The fourth-order valence-corrected chi connectivity index (χ4v) is 4.46. The number of benzene rings is 1. The number of fused-ring (bicyclic) bond motifs is 1. The maximum absolute atomic E-state index is 13.4. The van der Waals surface area contributed by atoms with Gasteiger partial charge in [0.1, 0.15) is 11.9 Å². The third kappa shape index (κ3) is 4.16. The van der Waals surface area contributed by atoms with E-state index in [1.54, 1.807) is 13.1 Å². The minimum Gasteiger partial charge on any atom is -0.336 e. The van der Waals surface area contributed by atoms with Gasteiger partial charge in [-0.3, -0.25) is 9.59 Å². The summed E-state index contributed by atoms with van der Waals surface area (Å²) in [5.74, 6) is 0.976. The van der Waals surface area contributed by atoms with Crippen LogP contribution >= 0.6 is 12.4 Å². The third-order valence-corrected chi connectivity index (χ3v) is 5.91. The molecule has 0 saturated carbocycles. The molecule has 7 nitrogen and oxygen atoms in total. The van der Waals surface area contributed by atoms with E-state index < -0.39 is 0 Å². The van der Waals surface area contributed by atoms with Gasteiger partial charge in [-0.05, 0) is 17.5 Å². The maximum Gasteiger partial charge on any atom is 0.225 e. The molecular weight excluding hydrogens is 390 g/mol. The number of nitrogens with one attached hydrogen (secondary N) is 1. The zero-order valence-electron chi connectivity index (χ0n) is 16.9. The van der Waals surface area contributed by atoms with E-state index in [1.807, 2.05) is 39.7 Å². The van der Waals surface area contributed by atoms with Gasteiger partial charge in [-0.1, -0.05) is 24.3 Å². The summed E-state index contributed by atoms with van der Waals surface area (Å²) in [6.07, 6.45) is 4.81. The Hall–Kier alpha value is -2.38. The highest BCUT2D eigenvalue weighted by atomic mass is 35.5. The molecular formula is C21H28ClN5O2. The third-order valence-electron chi connectivity index (χ3n) is 5.91. The van der Waals surface area contributed by atoms with Crippen molar-refractivity contribution in [3.05, 3.63) is 53.6 Å². The van der Waals surface area contributed by atoms with E-state index in [1.165, 1.54) is 5.56 Å². The quantitative estimate of drug-likeness (QED) is 0.827. The van der Waals surface area contributed by atoms with Gasteiger partial charge in [-0.2, -0.15) is 0 Å². The second kappa shape index (κ2) is 8.97. The molecule has 4 rings (SSSR count). The first-order chi connectivity index (χ1) is 13.6. The molecule has 8 heteroatoms. The minimum atomic E-state index is -0.202. The molecule has 2 amide bonds. The number of nitrogens with zero attached hydrogens (tertiary/aromatic N) is 4. The van der Waals surface area contributed by atoms with Crippen LogP contribution in [0.1, 0.15) is 42.4 Å². The predicted octanol–water partition coefficient (Wildman–Crippen LogP) is 1.85. The maximum atomic E-state index is 13.4. The van der Waals surface area contributed by atoms with Gasteiger partial charge in [0.15, 0.2) is 0 Å². The molecule has 3 heterocycles. The highest BCUT2D eigenvalue weighted by molar-refractivity contribution is 5.85. The van der Waals surface area contributed by atoms with Crippen molar-refractivity contribution < 1.29 is 9.59 Å². The van der Waals surface area contributed by atoms with Crippen LogP contribution in [-0.4, -0.2) is 57.3 Å². The molecule has 1 aromatic heterocycles. The number of carbonyl (C=O) groups excluding carboxylic acids is 2. The lowest BCUT2D eigenvalue weighted by atomic mass is 9.90. The number of amides is 2. The molecule has 2 atom stereocenters. The Morgan fingerprint density at radius 1 is 1.21 bits per heavy atom. The monoisotopic (exact) mass is 417 g/mol. The first kappa shape index (κ1) is 21.3. The van der Waals surface area contributed by atoms with E-state index in [9.17, 15) is 9.59 Å². The van der Waals surface area contributed by atoms with Gasteiger partial charge in [0.05, 0.1) is 12.5 Å². The SMILES string of the molecule is CC(=O)N1CCc2ccccc2C1CC(=O)N1CCNCC1c1nccn1C.Cl. The van der Waals surface area contributed by atoms with Crippen molar-refractivity contribution in [3.63, 3.8) is 0 Å². The van der Waals surface area contributed by atoms with Gasteiger partial charge in [-0.25, -0.2) is 4.98 Å². The van der Waals surface area contributed by atoms with Crippen LogP contribution in [0, 0.1) is 0 Å². The van der Waals surface area contributed by atoms with E-state index in [-0.39, 0.29) is 36.3 Å². The molecule has 1 N–H and O–H groups in total. The second-order valence-corrected chi connectivity index (χ2v) is 7.58. The lowest BCUT2D eigenvalue weighted by molar-refractivity contribution is -0.139. The number of rotatable bonds is 3. The van der Waals surface area contributed by atoms with Crippen LogP contribution in [0.5, 0.6) is 0 Å². The van der Waals surface area contributed by atoms with Gasteiger partial charge in [0.25, 0.3) is 0 Å². The number of aromatic nitrogens is 2. The van der Waals surface area contributed by atoms with E-state index in [0.29, 0.717) is 26.1 Å². The van der Waals surface area contributed by atoms with Crippen molar-refractivity contribution in [3.8, 4) is 0 Å². The molecule has 0 radical (unpaired) electrons. The standard InChI is InChI=1S/C21H27N5O2.ClH/c1-15(27)25-10-7-16-5-3-4-6-17(16)18(25)13-20(28)26-12-8-22-14-19(26)21-23-9-11-24(21)2;/h3-6,9,11,18-19,22H,7-8,10,12-14H2,1-2H3;1H. The number of hydrogen-bond acceptors (Lipinski definition) is 4. The fourth-order valence-electron chi connectivity index (χ4n) is 4.46. The average Bonchev–Trinajstić information content (AvgIpc) is 3.13. The van der Waals surface area contributed by atoms with Crippen LogP contribution in [0.25, 0.3) is 0 Å². The van der Waals surface area contributed by atoms with Crippen molar-refractivity contribution in [2.45, 2.75) is 31.8 Å². The highest BCUT2D eigenvalue weighted by Gasteiger charge is 2.35. The fraction of sp³-hybridized carbons (Fsp3) is 0.476. The second-order valence-electron chi connectivity index (χ2n) is 7.58. The summed E-state index contributed by atoms with van der Waals surface area (Å²) in [6.45, 7) is 4.35. The molecule has 0 bridgehead atoms. The Labute approximate surface area is 177 Å². The molecule has 2 aliphatic rings. The van der Waals surface area contributed by atoms with E-state index in [0.717, 1.165) is 24.4 Å². The Bertz CT molecular complexity index is 883.